The Morgan fingerprint density at radius 3 is 2.85 bits per heavy atom. The van der Waals surface area contributed by atoms with Crippen LogP contribution >= 0.6 is 15.9 Å². The fourth-order valence-corrected chi connectivity index (χ4v) is 1.73. The minimum atomic E-state index is -1.05. The molecule has 0 spiro atoms. The first kappa shape index (κ1) is 10.6. The Hall–Kier alpha value is -0.490. The van der Waals surface area contributed by atoms with Crippen molar-refractivity contribution in [3.63, 3.8) is 0 Å². The molecule has 4 nitrogen and oxygen atoms in total. The number of nitrogens with zero attached hydrogens (tertiary/aromatic N) is 2. The van der Waals surface area contributed by atoms with Crippen LogP contribution in [0.1, 0.15) is 13.3 Å². The molecule has 0 aromatic carbocycles. The molecule has 0 aliphatic carbocycles. The topological polar surface area (TPSA) is 54.9 Å². The highest BCUT2D eigenvalue weighted by atomic mass is 79.9. The second kappa shape index (κ2) is 5.29. The summed E-state index contributed by atoms with van der Waals surface area (Å²) in [6.45, 7) is 1.98. The third-order valence-electron chi connectivity index (χ3n) is 1.23. The van der Waals surface area contributed by atoms with E-state index >= 15 is 0 Å². The van der Waals surface area contributed by atoms with Crippen LogP contribution in [0.5, 0.6) is 0 Å². The zero-order valence-electron chi connectivity index (χ0n) is 7.16. The molecule has 0 radical (unpaired) electrons. The molecule has 72 valence electrons. The lowest BCUT2D eigenvalue weighted by Gasteiger charge is -2.02. The predicted molar refractivity (Wildman–Crippen MR) is 56.7 cm³/mol. The Morgan fingerprint density at radius 1 is 1.54 bits per heavy atom. The van der Waals surface area contributed by atoms with Gasteiger partial charge < -0.3 is 0 Å². The Kier molecular flexibility index (Phi) is 4.31. The molecular formula is C7H10BrN3OS. The van der Waals surface area contributed by atoms with Crippen LogP contribution in [0.25, 0.3) is 0 Å². The molecule has 6 heteroatoms. The highest BCUT2D eigenvalue weighted by Gasteiger charge is 1.99. The van der Waals surface area contributed by atoms with Crippen molar-refractivity contribution in [2.45, 2.75) is 13.3 Å². The quantitative estimate of drug-likeness (QED) is 0.900. The largest absolute Gasteiger partial charge is 0.288 e. The molecule has 0 saturated heterocycles. The van der Waals surface area contributed by atoms with E-state index in [4.69, 9.17) is 0 Å². The smallest absolute Gasteiger partial charge is 0.156 e. The van der Waals surface area contributed by atoms with Crippen molar-refractivity contribution in [2.24, 2.45) is 0 Å². The molecule has 0 bridgehead atoms. The van der Waals surface area contributed by atoms with E-state index < -0.39 is 11.0 Å². The van der Waals surface area contributed by atoms with Crippen molar-refractivity contribution >= 4 is 32.7 Å². The maximum atomic E-state index is 11.2. The van der Waals surface area contributed by atoms with Gasteiger partial charge in [-0.15, -0.1) is 0 Å². The number of anilines is 1. The number of aromatic nitrogens is 2. The Balaban J connectivity index is 2.54. The molecule has 1 heterocycles. The van der Waals surface area contributed by atoms with Gasteiger partial charge in [0.05, 0.1) is 12.4 Å². The number of hydrogen-bond donors (Lipinski definition) is 1. The Morgan fingerprint density at radius 2 is 2.31 bits per heavy atom. The van der Waals surface area contributed by atoms with Crippen LogP contribution in [0, 0.1) is 0 Å². The summed E-state index contributed by atoms with van der Waals surface area (Å²) in [6.07, 6.45) is 3.98. The van der Waals surface area contributed by atoms with Crippen LogP contribution in [-0.2, 0) is 11.0 Å². The third kappa shape index (κ3) is 3.82. The fraction of sp³-hybridized carbons (Fsp3) is 0.429. The average molecular weight is 264 g/mol. The molecule has 0 fully saturated rings. The number of halogens is 1. The monoisotopic (exact) mass is 263 g/mol. The molecule has 1 rings (SSSR count). The van der Waals surface area contributed by atoms with Gasteiger partial charge in [-0.3, -0.25) is 4.72 Å². The first-order valence-corrected chi connectivity index (χ1v) is 5.96. The zero-order valence-corrected chi connectivity index (χ0v) is 9.56. The molecular weight excluding hydrogens is 254 g/mol. The maximum absolute atomic E-state index is 11.2. The lowest BCUT2D eigenvalue weighted by molar-refractivity contribution is 0.685. The molecule has 1 unspecified atom stereocenters. The standard InChI is InChI=1S/C7H10BrN3OS/c1-2-3-13(12)11-7-5-9-6(8)4-10-7/h4-5H,2-3H2,1H3,(H,10,11). The van der Waals surface area contributed by atoms with Crippen LogP contribution < -0.4 is 4.72 Å². The van der Waals surface area contributed by atoms with Crippen molar-refractivity contribution in [1.29, 1.82) is 0 Å². The van der Waals surface area contributed by atoms with Crippen molar-refractivity contribution in [3.8, 4) is 0 Å². The number of rotatable bonds is 4. The van der Waals surface area contributed by atoms with E-state index in [1.165, 1.54) is 6.20 Å². The molecule has 0 aliphatic rings. The third-order valence-corrected chi connectivity index (χ3v) is 2.85. The van der Waals surface area contributed by atoms with Gasteiger partial charge >= 0.3 is 0 Å². The molecule has 1 atom stereocenters. The molecule has 1 aromatic rings. The van der Waals surface area contributed by atoms with Gasteiger partial charge in [-0.1, -0.05) is 6.92 Å². The average Bonchev–Trinajstić information content (AvgIpc) is 2.09. The first-order chi connectivity index (χ1) is 6.22. The fourth-order valence-electron chi connectivity index (χ4n) is 0.718. The van der Waals surface area contributed by atoms with Crippen LogP contribution in [-0.4, -0.2) is 19.9 Å². The van der Waals surface area contributed by atoms with E-state index in [1.807, 2.05) is 6.92 Å². The van der Waals surface area contributed by atoms with Gasteiger partial charge in [0.15, 0.2) is 5.82 Å². The van der Waals surface area contributed by atoms with Gasteiger partial charge in [0.1, 0.15) is 15.6 Å². The number of hydrogen-bond acceptors (Lipinski definition) is 3. The second-order valence-electron chi connectivity index (χ2n) is 2.38. The highest BCUT2D eigenvalue weighted by molar-refractivity contribution is 9.10. The van der Waals surface area contributed by atoms with E-state index in [0.717, 1.165) is 6.42 Å². The van der Waals surface area contributed by atoms with Gasteiger partial charge in [0.2, 0.25) is 0 Å². The molecule has 1 aromatic heterocycles. The summed E-state index contributed by atoms with van der Waals surface area (Å²) in [4.78, 5) is 7.94. The molecule has 1 N–H and O–H groups in total. The van der Waals surface area contributed by atoms with Crippen molar-refractivity contribution in [2.75, 3.05) is 10.5 Å². The molecule has 0 saturated carbocycles. The van der Waals surface area contributed by atoms with E-state index in [2.05, 4.69) is 30.6 Å². The van der Waals surface area contributed by atoms with Gasteiger partial charge in [-0.25, -0.2) is 14.2 Å². The summed E-state index contributed by atoms with van der Waals surface area (Å²) in [5.41, 5.74) is 0. The van der Waals surface area contributed by atoms with Gasteiger partial charge in [0, 0.05) is 5.75 Å². The van der Waals surface area contributed by atoms with Crippen LogP contribution in [0.4, 0.5) is 5.82 Å². The van der Waals surface area contributed by atoms with Gasteiger partial charge in [0.25, 0.3) is 0 Å². The van der Waals surface area contributed by atoms with Gasteiger partial charge in [-0.2, -0.15) is 0 Å². The minimum absolute atomic E-state index is 0.537. The summed E-state index contributed by atoms with van der Waals surface area (Å²) in [7, 11) is -1.05. The van der Waals surface area contributed by atoms with Crippen LogP contribution in [0.3, 0.4) is 0 Å². The van der Waals surface area contributed by atoms with Gasteiger partial charge in [-0.05, 0) is 22.4 Å². The lowest BCUT2D eigenvalue weighted by atomic mass is 10.6. The van der Waals surface area contributed by atoms with Crippen molar-refractivity contribution in [1.82, 2.24) is 9.97 Å². The molecule has 0 aliphatic heterocycles. The van der Waals surface area contributed by atoms with Crippen molar-refractivity contribution < 1.29 is 4.21 Å². The second-order valence-corrected chi connectivity index (χ2v) is 4.49. The summed E-state index contributed by atoms with van der Waals surface area (Å²) < 4.78 is 14.6. The SMILES string of the molecule is CCCS(=O)Nc1cnc(Br)cn1. The van der Waals surface area contributed by atoms with Crippen LogP contribution in [0.2, 0.25) is 0 Å². The Bertz CT molecular complexity index is 290. The maximum Gasteiger partial charge on any atom is 0.156 e. The zero-order chi connectivity index (χ0) is 9.68. The van der Waals surface area contributed by atoms with E-state index in [9.17, 15) is 4.21 Å². The highest BCUT2D eigenvalue weighted by Crippen LogP contribution is 2.06. The summed E-state index contributed by atoms with van der Waals surface area (Å²) >= 11 is 3.17. The van der Waals surface area contributed by atoms with E-state index in [1.54, 1.807) is 6.20 Å². The van der Waals surface area contributed by atoms with E-state index in [0.29, 0.717) is 16.2 Å². The van der Waals surface area contributed by atoms with Crippen LogP contribution in [0.15, 0.2) is 17.0 Å². The minimum Gasteiger partial charge on any atom is -0.288 e. The van der Waals surface area contributed by atoms with Crippen molar-refractivity contribution in [3.05, 3.63) is 17.0 Å². The first-order valence-electron chi connectivity index (χ1n) is 3.85. The summed E-state index contributed by atoms with van der Waals surface area (Å²) in [5, 5.41) is 0. The summed E-state index contributed by atoms with van der Waals surface area (Å²) in [5.74, 6) is 1.16. The lowest BCUT2D eigenvalue weighted by Crippen LogP contribution is -2.09. The normalized spacial score (nSPS) is 12.5. The Labute approximate surface area is 87.9 Å². The molecule has 0 amide bonds. The molecule has 13 heavy (non-hydrogen) atoms. The predicted octanol–water partition coefficient (Wildman–Crippen LogP) is 1.72. The number of nitrogens with one attached hydrogen (secondary N) is 1. The summed E-state index contributed by atoms with van der Waals surface area (Å²) in [6, 6.07) is 0. The van der Waals surface area contributed by atoms with E-state index in [-0.39, 0.29) is 0 Å².